The monoisotopic (exact) mass is 624 g/mol. The Bertz CT molecular complexity index is 1860. The summed E-state index contributed by atoms with van der Waals surface area (Å²) in [5, 5.41) is 7.39. The first kappa shape index (κ1) is 31.2. The molecule has 1 aromatic heterocycles. The zero-order chi connectivity index (χ0) is 32.0. The van der Waals surface area contributed by atoms with Gasteiger partial charge in [0, 0.05) is 27.8 Å². The molecular weight excluding hydrogens is 597 g/mol. The molecule has 0 saturated heterocycles. The van der Waals surface area contributed by atoms with Crippen molar-refractivity contribution in [2.24, 2.45) is 0 Å². The number of anilines is 2. The Morgan fingerprint density at radius 1 is 0.800 bits per heavy atom. The van der Waals surface area contributed by atoms with Crippen LogP contribution in [0.5, 0.6) is 0 Å². The normalized spacial score (nSPS) is 11.4. The quantitative estimate of drug-likeness (QED) is 0.127. The van der Waals surface area contributed by atoms with Crippen molar-refractivity contribution in [2.45, 2.75) is 19.5 Å². The van der Waals surface area contributed by atoms with E-state index < -0.39 is 17.6 Å². The van der Waals surface area contributed by atoms with Crippen molar-refractivity contribution in [3.05, 3.63) is 147 Å². The van der Waals surface area contributed by atoms with Crippen LogP contribution in [-0.2, 0) is 22.2 Å². The summed E-state index contributed by atoms with van der Waals surface area (Å²) < 4.78 is 38.6. The predicted molar refractivity (Wildman–Crippen MR) is 172 cm³/mol. The van der Waals surface area contributed by atoms with Crippen LogP contribution in [0, 0.1) is 6.92 Å². The lowest BCUT2D eigenvalue weighted by atomic mass is 10.0. The van der Waals surface area contributed by atoms with E-state index in [0.717, 1.165) is 33.7 Å². The number of ketones is 1. The number of thiophene rings is 1. The topological polar surface area (TPSA) is 75.3 Å². The van der Waals surface area contributed by atoms with Crippen molar-refractivity contribution >= 4 is 46.4 Å². The average molecular weight is 625 g/mol. The molecule has 0 spiro atoms. The van der Waals surface area contributed by atoms with Gasteiger partial charge in [0.05, 0.1) is 17.7 Å². The van der Waals surface area contributed by atoms with E-state index in [1.165, 1.54) is 35.6 Å². The van der Waals surface area contributed by atoms with Crippen LogP contribution in [0.1, 0.15) is 37.5 Å². The number of hydrogen-bond acceptors (Lipinski definition) is 4. The summed E-state index contributed by atoms with van der Waals surface area (Å²) in [5.41, 5.74) is 3.90. The number of benzene rings is 4. The number of rotatable bonds is 9. The van der Waals surface area contributed by atoms with E-state index in [9.17, 15) is 27.6 Å². The molecule has 0 radical (unpaired) electrons. The molecule has 5 nitrogen and oxygen atoms in total. The van der Waals surface area contributed by atoms with Crippen molar-refractivity contribution in [1.29, 1.82) is 0 Å². The lowest BCUT2D eigenvalue weighted by molar-refractivity contribution is -0.137. The lowest BCUT2D eigenvalue weighted by Gasteiger charge is -2.13. The van der Waals surface area contributed by atoms with E-state index in [1.807, 2.05) is 31.2 Å². The lowest BCUT2D eigenvalue weighted by Crippen LogP contribution is -2.18. The first-order chi connectivity index (χ1) is 21.5. The van der Waals surface area contributed by atoms with Crippen molar-refractivity contribution < 1.29 is 27.6 Å². The minimum atomic E-state index is -4.40. The molecule has 2 N–H and O–H groups in total. The fourth-order valence-corrected chi connectivity index (χ4v) is 5.34. The molecule has 5 aromatic rings. The highest BCUT2D eigenvalue weighted by Crippen LogP contribution is 2.32. The van der Waals surface area contributed by atoms with E-state index in [1.54, 1.807) is 60.0 Å². The first-order valence-electron chi connectivity index (χ1n) is 13.9. The Morgan fingerprint density at radius 3 is 2.20 bits per heavy atom. The molecular formula is C36H27F3N2O3S. The summed E-state index contributed by atoms with van der Waals surface area (Å²) in [7, 11) is 0. The first-order valence-corrected chi connectivity index (χ1v) is 14.8. The van der Waals surface area contributed by atoms with E-state index in [2.05, 4.69) is 10.6 Å². The summed E-state index contributed by atoms with van der Waals surface area (Å²) in [6.45, 7) is 1.96. The van der Waals surface area contributed by atoms with Crippen molar-refractivity contribution in [1.82, 2.24) is 0 Å². The molecule has 4 aromatic carbocycles. The molecule has 45 heavy (non-hydrogen) atoms. The molecule has 5 rings (SSSR count). The zero-order valence-electron chi connectivity index (χ0n) is 24.0. The van der Waals surface area contributed by atoms with Crippen LogP contribution in [-0.4, -0.2) is 17.6 Å². The highest BCUT2D eigenvalue weighted by Gasteiger charge is 2.30. The van der Waals surface area contributed by atoms with Crippen LogP contribution in [0.25, 0.3) is 17.2 Å². The maximum Gasteiger partial charge on any atom is 0.416 e. The fourth-order valence-electron chi connectivity index (χ4n) is 4.53. The Kier molecular flexibility index (Phi) is 9.39. The van der Waals surface area contributed by atoms with E-state index in [4.69, 9.17) is 0 Å². The number of aryl methyl sites for hydroxylation is 1. The highest BCUT2D eigenvalue weighted by atomic mass is 32.1. The van der Waals surface area contributed by atoms with Gasteiger partial charge in [-0.3, -0.25) is 14.4 Å². The van der Waals surface area contributed by atoms with Crippen LogP contribution in [0.2, 0.25) is 0 Å². The van der Waals surface area contributed by atoms with Gasteiger partial charge in [0.25, 0.3) is 0 Å². The van der Waals surface area contributed by atoms with Crippen LogP contribution in [0.4, 0.5) is 24.5 Å². The minimum absolute atomic E-state index is 0.131. The molecule has 226 valence electrons. The molecule has 0 atom stereocenters. The molecule has 0 aliphatic heterocycles. The van der Waals surface area contributed by atoms with Crippen LogP contribution >= 0.6 is 11.3 Å². The van der Waals surface area contributed by atoms with Gasteiger partial charge in [-0.15, -0.1) is 11.3 Å². The molecule has 0 aliphatic rings. The number of halogens is 3. The molecule has 0 aliphatic carbocycles. The van der Waals surface area contributed by atoms with Gasteiger partial charge < -0.3 is 10.6 Å². The number of nitrogens with one attached hydrogen (secondary N) is 2. The van der Waals surface area contributed by atoms with Gasteiger partial charge in [-0.25, -0.2) is 0 Å². The molecule has 9 heteroatoms. The smallest absolute Gasteiger partial charge is 0.325 e. The standard InChI is InChI=1S/C36H27F3N2O3S/c1-23-7-9-24(10-8-23)19-34(43)41-32-17-15-29(21-31(32)35(44)26-5-3-2-4-6-26)40-33(42)18-16-30-20-27(22-45-30)25-11-13-28(14-12-25)36(37,38)39/h2-18,20-22H,19H2,1H3,(H,40,42)(H,41,43)/b18-16+. The molecule has 0 saturated carbocycles. The largest absolute Gasteiger partial charge is 0.416 e. The van der Waals surface area contributed by atoms with Gasteiger partial charge in [0.15, 0.2) is 5.78 Å². The second-order valence-corrected chi connectivity index (χ2v) is 11.2. The Labute approximate surface area is 262 Å². The Hall–Kier alpha value is -5.28. The van der Waals surface area contributed by atoms with Crippen molar-refractivity contribution in [3.63, 3.8) is 0 Å². The Balaban J connectivity index is 1.30. The summed E-state index contributed by atoms with van der Waals surface area (Å²) in [4.78, 5) is 39.8. The van der Waals surface area contributed by atoms with E-state index in [-0.39, 0.29) is 23.7 Å². The van der Waals surface area contributed by atoms with Gasteiger partial charge in [-0.1, -0.05) is 72.3 Å². The third-order valence-corrected chi connectivity index (χ3v) is 7.79. The van der Waals surface area contributed by atoms with E-state index >= 15 is 0 Å². The fraction of sp³-hybridized carbons (Fsp3) is 0.0833. The van der Waals surface area contributed by atoms with Gasteiger partial charge in [-0.05, 0) is 71.5 Å². The molecule has 2 amide bonds. The van der Waals surface area contributed by atoms with E-state index in [0.29, 0.717) is 22.5 Å². The minimum Gasteiger partial charge on any atom is -0.325 e. The second kappa shape index (κ2) is 13.6. The third kappa shape index (κ3) is 8.21. The van der Waals surface area contributed by atoms with Crippen molar-refractivity contribution in [2.75, 3.05) is 10.6 Å². The zero-order valence-corrected chi connectivity index (χ0v) is 24.8. The predicted octanol–water partition coefficient (Wildman–Crippen LogP) is 8.81. The van der Waals surface area contributed by atoms with Crippen LogP contribution < -0.4 is 10.6 Å². The third-order valence-electron chi connectivity index (χ3n) is 6.89. The summed E-state index contributed by atoms with van der Waals surface area (Å²) in [6.07, 6.45) is -1.34. The number of hydrogen-bond donors (Lipinski definition) is 2. The van der Waals surface area contributed by atoms with Gasteiger partial charge >= 0.3 is 6.18 Å². The molecule has 0 unspecified atom stereocenters. The molecule has 0 bridgehead atoms. The number of alkyl halides is 3. The number of carbonyl (C=O) groups is 3. The Morgan fingerprint density at radius 2 is 1.51 bits per heavy atom. The van der Waals surface area contributed by atoms with Gasteiger partial charge in [0.2, 0.25) is 11.8 Å². The van der Waals surface area contributed by atoms with Gasteiger partial charge in [-0.2, -0.15) is 13.2 Å². The average Bonchev–Trinajstić information content (AvgIpc) is 3.51. The number of carbonyl (C=O) groups excluding carboxylic acids is 3. The number of amides is 2. The van der Waals surface area contributed by atoms with Crippen LogP contribution in [0.3, 0.4) is 0 Å². The maximum atomic E-state index is 13.4. The van der Waals surface area contributed by atoms with Crippen molar-refractivity contribution in [3.8, 4) is 11.1 Å². The van der Waals surface area contributed by atoms with Gasteiger partial charge in [0.1, 0.15) is 0 Å². The molecule has 0 fully saturated rings. The highest BCUT2D eigenvalue weighted by molar-refractivity contribution is 7.11. The van der Waals surface area contributed by atoms with Crippen LogP contribution in [0.15, 0.2) is 115 Å². The summed E-state index contributed by atoms with van der Waals surface area (Å²) >= 11 is 1.34. The molecule has 1 heterocycles. The SMILES string of the molecule is Cc1ccc(CC(=O)Nc2ccc(NC(=O)/C=C/c3cc(-c4ccc(C(F)(F)F)cc4)cs3)cc2C(=O)c2ccccc2)cc1. The summed E-state index contributed by atoms with van der Waals surface area (Å²) in [6, 6.07) is 27.6. The second-order valence-electron chi connectivity index (χ2n) is 10.3. The maximum absolute atomic E-state index is 13.4. The summed E-state index contributed by atoms with van der Waals surface area (Å²) in [5.74, 6) is -1.05.